The number of likely N-dealkylation sites (tertiary alicyclic amines) is 1. The summed E-state index contributed by atoms with van der Waals surface area (Å²) in [5.41, 5.74) is 2.23. The maximum absolute atomic E-state index is 14.0. The van der Waals surface area contributed by atoms with Crippen LogP contribution in [-0.2, 0) is 16.1 Å². The van der Waals surface area contributed by atoms with Gasteiger partial charge in [0, 0.05) is 43.1 Å². The zero-order valence-corrected chi connectivity index (χ0v) is 16.6. The van der Waals surface area contributed by atoms with Gasteiger partial charge in [-0.15, -0.1) is 0 Å². The van der Waals surface area contributed by atoms with E-state index in [1.807, 2.05) is 0 Å². The van der Waals surface area contributed by atoms with E-state index < -0.39 is 11.9 Å². The number of hydrogen-bond donors (Lipinski definition) is 1. The molecule has 2 saturated heterocycles. The van der Waals surface area contributed by atoms with E-state index >= 15 is 0 Å². The van der Waals surface area contributed by atoms with Crippen LogP contribution in [0.3, 0.4) is 0 Å². The summed E-state index contributed by atoms with van der Waals surface area (Å²) in [6.07, 6.45) is 0.486. The second-order valence-corrected chi connectivity index (χ2v) is 8.20. The van der Waals surface area contributed by atoms with Crippen LogP contribution in [0, 0.1) is 5.82 Å². The van der Waals surface area contributed by atoms with Gasteiger partial charge in [-0.25, -0.2) is 4.39 Å². The van der Waals surface area contributed by atoms with Crippen molar-refractivity contribution in [2.24, 2.45) is 0 Å². The van der Waals surface area contributed by atoms with E-state index in [1.165, 1.54) is 11.0 Å². The summed E-state index contributed by atoms with van der Waals surface area (Å²) in [7, 11) is 0. The number of fused-ring (bicyclic) bond motifs is 1. The van der Waals surface area contributed by atoms with E-state index in [0.29, 0.717) is 41.8 Å². The van der Waals surface area contributed by atoms with E-state index in [4.69, 9.17) is 0 Å². The molecule has 1 N–H and O–H groups in total. The summed E-state index contributed by atoms with van der Waals surface area (Å²) in [5, 5.41) is 2.28. The lowest BCUT2D eigenvalue weighted by atomic mass is 9.90. The molecule has 2 aromatic carbocycles. The standard InChI is InChI=1S/C23H20FN3O4/c24-18-4-2-1-3-16(18)15-10-26(11-15)22(30)13-5-6-17-14(9-13)12-27(23(17)31)19-7-8-20(28)25-21(19)29/h1-6,9,15,19H,7-8,10-12H2,(H,25,28,29). The first-order valence-electron chi connectivity index (χ1n) is 10.2. The van der Waals surface area contributed by atoms with Gasteiger partial charge in [-0.3, -0.25) is 24.5 Å². The molecular formula is C23H20FN3O4. The third-order valence-corrected chi connectivity index (χ3v) is 6.28. The van der Waals surface area contributed by atoms with E-state index in [1.54, 1.807) is 41.3 Å². The number of piperidine rings is 1. The summed E-state index contributed by atoms with van der Waals surface area (Å²) in [6, 6.07) is 10.8. The van der Waals surface area contributed by atoms with Crippen LogP contribution >= 0.6 is 0 Å². The first kappa shape index (κ1) is 19.4. The number of hydrogen-bond acceptors (Lipinski definition) is 4. The zero-order chi connectivity index (χ0) is 21.7. The molecule has 0 bridgehead atoms. The van der Waals surface area contributed by atoms with Crippen LogP contribution in [0.15, 0.2) is 42.5 Å². The molecule has 0 spiro atoms. The Kier molecular flexibility index (Phi) is 4.57. The van der Waals surface area contributed by atoms with Crippen molar-refractivity contribution in [3.05, 3.63) is 70.5 Å². The molecule has 31 heavy (non-hydrogen) atoms. The largest absolute Gasteiger partial charge is 0.337 e. The Bertz CT molecular complexity index is 1130. The summed E-state index contributed by atoms with van der Waals surface area (Å²) in [6.45, 7) is 1.11. The van der Waals surface area contributed by atoms with Crippen LogP contribution in [0.1, 0.15) is 50.6 Å². The second-order valence-electron chi connectivity index (χ2n) is 8.20. The molecule has 2 fully saturated rings. The predicted molar refractivity (Wildman–Crippen MR) is 108 cm³/mol. The number of amides is 4. The third-order valence-electron chi connectivity index (χ3n) is 6.28. The highest BCUT2D eigenvalue weighted by Crippen LogP contribution is 2.32. The average Bonchev–Trinajstić information content (AvgIpc) is 3.04. The summed E-state index contributed by atoms with van der Waals surface area (Å²) in [5.74, 6) is -1.52. The smallest absolute Gasteiger partial charge is 0.255 e. The van der Waals surface area contributed by atoms with E-state index in [0.717, 1.165) is 0 Å². The van der Waals surface area contributed by atoms with E-state index in [9.17, 15) is 23.6 Å². The fourth-order valence-electron chi connectivity index (χ4n) is 4.54. The van der Waals surface area contributed by atoms with Crippen molar-refractivity contribution in [3.63, 3.8) is 0 Å². The van der Waals surface area contributed by atoms with E-state index in [-0.39, 0.29) is 42.4 Å². The molecule has 3 aliphatic heterocycles. The number of rotatable bonds is 3. The Morgan fingerprint density at radius 3 is 2.58 bits per heavy atom. The number of benzene rings is 2. The van der Waals surface area contributed by atoms with Crippen molar-refractivity contribution >= 4 is 23.6 Å². The molecule has 3 heterocycles. The number of carbonyl (C=O) groups excluding carboxylic acids is 4. The van der Waals surface area contributed by atoms with Crippen LogP contribution in [0.5, 0.6) is 0 Å². The number of halogens is 1. The van der Waals surface area contributed by atoms with Crippen molar-refractivity contribution in [3.8, 4) is 0 Å². The molecule has 0 aliphatic carbocycles. The topological polar surface area (TPSA) is 86.8 Å². The number of imide groups is 1. The first-order chi connectivity index (χ1) is 14.9. The Morgan fingerprint density at radius 1 is 1.06 bits per heavy atom. The van der Waals surface area contributed by atoms with Gasteiger partial charge < -0.3 is 9.80 Å². The molecule has 158 valence electrons. The SMILES string of the molecule is O=C1CCC(N2Cc3cc(C(=O)N4CC(c5ccccc5F)C4)ccc3C2=O)C(=O)N1. The van der Waals surface area contributed by atoms with Gasteiger partial charge in [0.25, 0.3) is 11.8 Å². The van der Waals surface area contributed by atoms with Crippen molar-refractivity contribution < 1.29 is 23.6 Å². The minimum absolute atomic E-state index is 0.0239. The molecule has 8 heteroatoms. The van der Waals surface area contributed by atoms with Gasteiger partial charge in [0.1, 0.15) is 11.9 Å². The highest BCUT2D eigenvalue weighted by atomic mass is 19.1. The van der Waals surface area contributed by atoms with Crippen molar-refractivity contribution in [2.75, 3.05) is 13.1 Å². The van der Waals surface area contributed by atoms with Gasteiger partial charge in [0.2, 0.25) is 11.8 Å². The summed E-state index contributed by atoms with van der Waals surface area (Å²) in [4.78, 5) is 52.3. The van der Waals surface area contributed by atoms with Crippen LogP contribution < -0.4 is 5.32 Å². The third kappa shape index (κ3) is 3.28. The molecule has 0 saturated carbocycles. The monoisotopic (exact) mass is 421 g/mol. The molecule has 0 aromatic heterocycles. The Morgan fingerprint density at radius 2 is 1.84 bits per heavy atom. The minimum atomic E-state index is -0.686. The Balaban J connectivity index is 1.28. The number of carbonyl (C=O) groups is 4. The van der Waals surface area contributed by atoms with Crippen molar-refractivity contribution in [2.45, 2.75) is 31.3 Å². The van der Waals surface area contributed by atoms with E-state index in [2.05, 4.69) is 5.32 Å². The zero-order valence-electron chi connectivity index (χ0n) is 16.6. The molecule has 7 nitrogen and oxygen atoms in total. The molecule has 3 aliphatic rings. The fourth-order valence-corrected chi connectivity index (χ4v) is 4.54. The lowest BCUT2D eigenvalue weighted by molar-refractivity contribution is -0.136. The van der Waals surface area contributed by atoms with Crippen molar-refractivity contribution in [1.29, 1.82) is 0 Å². The van der Waals surface area contributed by atoms with Gasteiger partial charge >= 0.3 is 0 Å². The van der Waals surface area contributed by atoms with Gasteiger partial charge in [-0.1, -0.05) is 18.2 Å². The predicted octanol–water partition coefficient (Wildman–Crippen LogP) is 1.83. The number of nitrogens with one attached hydrogen (secondary N) is 1. The Labute approximate surface area is 177 Å². The van der Waals surface area contributed by atoms with Gasteiger partial charge in [-0.05, 0) is 41.8 Å². The maximum atomic E-state index is 14.0. The van der Waals surface area contributed by atoms with Crippen LogP contribution in [0.2, 0.25) is 0 Å². The molecule has 1 unspecified atom stereocenters. The maximum Gasteiger partial charge on any atom is 0.255 e. The second kappa shape index (κ2) is 7.30. The first-order valence-corrected chi connectivity index (χ1v) is 10.2. The quantitative estimate of drug-likeness (QED) is 0.766. The highest BCUT2D eigenvalue weighted by molar-refractivity contribution is 6.06. The lowest BCUT2D eigenvalue weighted by Crippen LogP contribution is -2.52. The molecular weight excluding hydrogens is 401 g/mol. The normalized spacial score (nSPS) is 21.1. The van der Waals surface area contributed by atoms with Gasteiger partial charge in [-0.2, -0.15) is 0 Å². The van der Waals surface area contributed by atoms with Crippen LogP contribution in [0.4, 0.5) is 4.39 Å². The lowest BCUT2D eigenvalue weighted by Gasteiger charge is -2.39. The molecule has 1 atom stereocenters. The Hall–Kier alpha value is -3.55. The van der Waals surface area contributed by atoms with Crippen LogP contribution in [0.25, 0.3) is 0 Å². The fraction of sp³-hybridized carbons (Fsp3) is 0.304. The number of nitrogens with zero attached hydrogens (tertiary/aromatic N) is 2. The minimum Gasteiger partial charge on any atom is -0.337 e. The summed E-state index contributed by atoms with van der Waals surface area (Å²) < 4.78 is 14.0. The van der Waals surface area contributed by atoms with Crippen LogP contribution in [-0.4, -0.2) is 52.6 Å². The molecule has 4 amide bonds. The van der Waals surface area contributed by atoms with Gasteiger partial charge in [0.15, 0.2) is 0 Å². The average molecular weight is 421 g/mol. The molecule has 0 radical (unpaired) electrons. The van der Waals surface area contributed by atoms with Gasteiger partial charge in [0.05, 0.1) is 0 Å². The summed E-state index contributed by atoms with van der Waals surface area (Å²) >= 11 is 0. The highest BCUT2D eigenvalue weighted by Gasteiger charge is 2.40. The molecule has 2 aromatic rings. The molecule has 5 rings (SSSR count). The van der Waals surface area contributed by atoms with Crippen molar-refractivity contribution in [1.82, 2.24) is 15.1 Å².